The summed E-state index contributed by atoms with van der Waals surface area (Å²) < 4.78 is 6.90. The minimum Gasteiger partial charge on any atom is -0.340 e. The van der Waals surface area contributed by atoms with Crippen molar-refractivity contribution in [1.29, 1.82) is 0 Å². The number of aromatic nitrogens is 5. The topological polar surface area (TPSA) is 81.7 Å². The van der Waals surface area contributed by atoms with Crippen LogP contribution < -0.4 is 5.32 Å². The summed E-state index contributed by atoms with van der Waals surface area (Å²) in [7, 11) is 0. The number of hydrogen-bond acceptors (Lipinski definition) is 6. The number of benzene rings is 1. The minimum atomic E-state index is -0.198. The van der Waals surface area contributed by atoms with Crippen LogP contribution in [0.4, 0.5) is 0 Å². The van der Waals surface area contributed by atoms with E-state index in [2.05, 4.69) is 25.5 Å². The molecule has 0 spiro atoms. The molecule has 1 fully saturated rings. The van der Waals surface area contributed by atoms with Crippen molar-refractivity contribution in [3.63, 3.8) is 0 Å². The Morgan fingerprint density at radius 2 is 2.09 bits per heavy atom. The van der Waals surface area contributed by atoms with E-state index in [9.17, 15) is 0 Å². The summed E-state index contributed by atoms with van der Waals surface area (Å²) >= 11 is 0. The first-order valence-corrected chi connectivity index (χ1v) is 7.77. The Kier molecular flexibility index (Phi) is 3.42. The molecule has 7 heteroatoms. The number of nitrogens with one attached hydrogen (secondary N) is 1. The van der Waals surface area contributed by atoms with Crippen molar-refractivity contribution in [3.05, 3.63) is 54.2 Å². The SMILES string of the molecule is Cc1nc(C2(NCc3ncn(-c4ccccc4)n3)CCC2)no1. The molecule has 1 aliphatic carbocycles. The Bertz CT molecular complexity index is 790. The molecule has 0 unspecified atom stereocenters. The Hall–Kier alpha value is -2.54. The van der Waals surface area contributed by atoms with Crippen molar-refractivity contribution >= 4 is 0 Å². The zero-order chi connectivity index (χ0) is 15.7. The lowest BCUT2D eigenvalue weighted by Crippen LogP contribution is -2.48. The highest BCUT2D eigenvalue weighted by Gasteiger charge is 2.42. The van der Waals surface area contributed by atoms with Gasteiger partial charge in [0.1, 0.15) is 6.33 Å². The van der Waals surface area contributed by atoms with Crippen molar-refractivity contribution in [2.45, 2.75) is 38.3 Å². The van der Waals surface area contributed by atoms with Crippen LogP contribution in [0.5, 0.6) is 0 Å². The molecule has 1 N–H and O–H groups in total. The number of hydrogen-bond donors (Lipinski definition) is 1. The van der Waals surface area contributed by atoms with E-state index in [1.165, 1.54) is 0 Å². The summed E-state index contributed by atoms with van der Waals surface area (Å²) in [6.45, 7) is 2.39. The molecule has 7 nitrogen and oxygen atoms in total. The highest BCUT2D eigenvalue weighted by Crippen LogP contribution is 2.39. The zero-order valence-corrected chi connectivity index (χ0v) is 12.9. The van der Waals surface area contributed by atoms with Crippen molar-refractivity contribution < 1.29 is 4.52 Å². The van der Waals surface area contributed by atoms with Gasteiger partial charge in [0.2, 0.25) is 5.89 Å². The fraction of sp³-hybridized carbons (Fsp3) is 0.375. The lowest BCUT2D eigenvalue weighted by Gasteiger charge is -2.39. The summed E-state index contributed by atoms with van der Waals surface area (Å²) in [6.07, 6.45) is 4.90. The highest BCUT2D eigenvalue weighted by molar-refractivity contribution is 5.29. The minimum absolute atomic E-state index is 0.198. The predicted molar refractivity (Wildman–Crippen MR) is 82.8 cm³/mol. The maximum Gasteiger partial charge on any atom is 0.223 e. The zero-order valence-electron chi connectivity index (χ0n) is 12.9. The summed E-state index contributed by atoms with van der Waals surface area (Å²) in [5, 5.41) is 12.1. The van der Waals surface area contributed by atoms with E-state index in [-0.39, 0.29) is 5.54 Å². The first-order chi connectivity index (χ1) is 11.3. The van der Waals surface area contributed by atoms with Gasteiger partial charge in [-0.15, -0.1) is 5.10 Å². The van der Waals surface area contributed by atoms with Crippen LogP contribution in [0, 0.1) is 6.92 Å². The Morgan fingerprint density at radius 1 is 1.26 bits per heavy atom. The second-order valence-electron chi connectivity index (χ2n) is 5.87. The maximum absolute atomic E-state index is 5.12. The third kappa shape index (κ3) is 2.63. The lowest BCUT2D eigenvalue weighted by molar-refractivity contribution is 0.164. The predicted octanol–water partition coefficient (Wildman–Crippen LogP) is 2.13. The first kappa shape index (κ1) is 14.1. The van der Waals surface area contributed by atoms with Crippen molar-refractivity contribution in [2.24, 2.45) is 0 Å². The maximum atomic E-state index is 5.12. The molecule has 1 aromatic carbocycles. The molecule has 0 atom stereocenters. The van der Waals surface area contributed by atoms with Crippen molar-refractivity contribution in [3.8, 4) is 5.69 Å². The van der Waals surface area contributed by atoms with Gasteiger partial charge < -0.3 is 4.52 Å². The van der Waals surface area contributed by atoms with Gasteiger partial charge in [-0.25, -0.2) is 9.67 Å². The Morgan fingerprint density at radius 3 is 2.74 bits per heavy atom. The van der Waals surface area contributed by atoms with Gasteiger partial charge in [-0.05, 0) is 31.4 Å². The van der Waals surface area contributed by atoms with Crippen LogP contribution in [-0.4, -0.2) is 24.9 Å². The Balaban J connectivity index is 1.48. The van der Waals surface area contributed by atoms with Gasteiger partial charge in [-0.1, -0.05) is 23.4 Å². The average molecular weight is 310 g/mol. The van der Waals surface area contributed by atoms with E-state index in [1.807, 2.05) is 37.3 Å². The van der Waals surface area contributed by atoms with Gasteiger partial charge in [0.25, 0.3) is 0 Å². The van der Waals surface area contributed by atoms with E-state index < -0.39 is 0 Å². The number of rotatable bonds is 5. The molecule has 23 heavy (non-hydrogen) atoms. The van der Waals surface area contributed by atoms with E-state index in [4.69, 9.17) is 4.52 Å². The molecule has 4 rings (SSSR count). The van der Waals surface area contributed by atoms with Gasteiger partial charge in [-0.2, -0.15) is 4.98 Å². The molecule has 0 aliphatic heterocycles. The fourth-order valence-corrected chi connectivity index (χ4v) is 2.84. The molecule has 1 saturated carbocycles. The molecule has 0 bridgehead atoms. The van der Waals surface area contributed by atoms with Gasteiger partial charge in [0.15, 0.2) is 11.6 Å². The van der Waals surface area contributed by atoms with Crippen molar-refractivity contribution in [1.82, 2.24) is 30.2 Å². The van der Waals surface area contributed by atoms with Gasteiger partial charge in [0, 0.05) is 6.92 Å². The third-order valence-corrected chi connectivity index (χ3v) is 4.31. The van der Waals surface area contributed by atoms with E-state index in [1.54, 1.807) is 11.0 Å². The number of aryl methyl sites for hydroxylation is 1. The molecule has 2 heterocycles. The summed E-state index contributed by atoms with van der Waals surface area (Å²) in [5.74, 6) is 2.09. The van der Waals surface area contributed by atoms with E-state index in [0.29, 0.717) is 12.4 Å². The monoisotopic (exact) mass is 310 g/mol. The molecule has 0 radical (unpaired) electrons. The quantitative estimate of drug-likeness (QED) is 0.777. The van der Waals surface area contributed by atoms with Crippen LogP contribution in [0.1, 0.15) is 36.8 Å². The average Bonchev–Trinajstić information content (AvgIpc) is 3.17. The second kappa shape index (κ2) is 5.58. The smallest absolute Gasteiger partial charge is 0.223 e. The molecule has 3 aromatic rings. The van der Waals surface area contributed by atoms with Gasteiger partial charge in [0.05, 0.1) is 17.8 Å². The second-order valence-corrected chi connectivity index (χ2v) is 5.87. The molecule has 2 aromatic heterocycles. The van der Waals surface area contributed by atoms with Crippen LogP contribution in [0.2, 0.25) is 0 Å². The molecule has 0 amide bonds. The summed E-state index contributed by atoms with van der Waals surface area (Å²) in [4.78, 5) is 8.76. The molecular formula is C16H18N6O. The van der Waals surface area contributed by atoms with E-state index >= 15 is 0 Å². The third-order valence-electron chi connectivity index (χ3n) is 4.31. The molecule has 118 valence electrons. The van der Waals surface area contributed by atoms with Crippen LogP contribution in [-0.2, 0) is 12.1 Å². The number of nitrogens with zero attached hydrogens (tertiary/aromatic N) is 5. The summed E-state index contributed by atoms with van der Waals surface area (Å²) in [6, 6.07) is 9.95. The largest absolute Gasteiger partial charge is 0.340 e. The number of para-hydroxylation sites is 1. The normalized spacial score (nSPS) is 16.2. The first-order valence-electron chi connectivity index (χ1n) is 7.77. The highest BCUT2D eigenvalue weighted by atomic mass is 16.5. The Labute approximate surface area is 133 Å². The molecular weight excluding hydrogens is 292 g/mol. The lowest BCUT2D eigenvalue weighted by atomic mass is 9.76. The van der Waals surface area contributed by atoms with Crippen LogP contribution in [0.25, 0.3) is 5.69 Å². The van der Waals surface area contributed by atoms with Gasteiger partial charge in [-0.3, -0.25) is 5.32 Å². The van der Waals surface area contributed by atoms with Crippen LogP contribution in [0.15, 0.2) is 41.2 Å². The molecule has 1 aliphatic rings. The van der Waals surface area contributed by atoms with E-state index in [0.717, 1.165) is 36.6 Å². The fourth-order valence-electron chi connectivity index (χ4n) is 2.84. The van der Waals surface area contributed by atoms with Crippen molar-refractivity contribution in [2.75, 3.05) is 0 Å². The standard InChI is InChI=1S/C16H18N6O/c1-12-19-15(21-23-12)16(8-5-9-16)18-10-14-17-11-22(20-14)13-6-3-2-4-7-13/h2-4,6-7,11,18H,5,8-10H2,1H3. The van der Waals surface area contributed by atoms with Crippen LogP contribution >= 0.6 is 0 Å². The summed E-state index contributed by atoms with van der Waals surface area (Å²) in [5.41, 5.74) is 0.800. The van der Waals surface area contributed by atoms with Crippen LogP contribution in [0.3, 0.4) is 0 Å². The van der Waals surface area contributed by atoms with Gasteiger partial charge >= 0.3 is 0 Å². The molecule has 0 saturated heterocycles.